The summed E-state index contributed by atoms with van der Waals surface area (Å²) in [5, 5.41) is 2.94. The normalized spacial score (nSPS) is 16.6. The Bertz CT molecular complexity index is 832. The van der Waals surface area contributed by atoms with E-state index >= 15 is 0 Å². The maximum Gasteiger partial charge on any atom is 0.231 e. The van der Waals surface area contributed by atoms with Crippen LogP contribution in [0.15, 0.2) is 42.5 Å². The fourth-order valence-corrected chi connectivity index (χ4v) is 3.63. The van der Waals surface area contributed by atoms with E-state index in [0.717, 1.165) is 62.2 Å². The van der Waals surface area contributed by atoms with Crippen molar-refractivity contribution in [3.63, 3.8) is 0 Å². The average Bonchev–Trinajstić information content (AvgIpc) is 3.22. The summed E-state index contributed by atoms with van der Waals surface area (Å²) in [6.07, 6.45) is 0.494. The number of rotatable bonds is 7. The van der Waals surface area contributed by atoms with Crippen LogP contribution in [0.4, 0.5) is 5.69 Å². The van der Waals surface area contributed by atoms with Gasteiger partial charge in [0.05, 0.1) is 7.11 Å². The van der Waals surface area contributed by atoms with Gasteiger partial charge in [0.15, 0.2) is 11.5 Å². The molecule has 0 aromatic heterocycles. The number of piperazine rings is 1. The lowest BCUT2D eigenvalue weighted by Crippen LogP contribution is -2.46. The third-order valence-corrected chi connectivity index (χ3v) is 5.34. The summed E-state index contributed by atoms with van der Waals surface area (Å²) in [7, 11) is 1.63. The molecule has 2 aromatic carbocycles. The number of hydrogen-bond acceptors (Lipinski definition) is 6. The first kappa shape index (κ1) is 19.5. The smallest absolute Gasteiger partial charge is 0.231 e. The number of benzene rings is 2. The third kappa shape index (κ3) is 5.19. The topological polar surface area (TPSA) is 63.3 Å². The second-order valence-corrected chi connectivity index (χ2v) is 7.33. The number of amides is 1. The largest absolute Gasteiger partial charge is 0.497 e. The van der Waals surface area contributed by atoms with Crippen LogP contribution in [-0.4, -0.2) is 62.3 Å². The van der Waals surface area contributed by atoms with E-state index in [1.807, 2.05) is 30.3 Å². The average molecular weight is 397 g/mol. The molecular formula is C22H27N3O4. The molecule has 0 bridgehead atoms. The molecular weight excluding hydrogens is 370 g/mol. The van der Waals surface area contributed by atoms with E-state index in [1.165, 1.54) is 5.56 Å². The van der Waals surface area contributed by atoms with Gasteiger partial charge in [-0.25, -0.2) is 0 Å². The van der Waals surface area contributed by atoms with Crippen LogP contribution in [0.3, 0.4) is 0 Å². The summed E-state index contributed by atoms with van der Waals surface area (Å²) < 4.78 is 16.0. The standard InChI is InChI=1S/C22H27N3O4/c1-27-19-5-3-18(4-6-19)23-22(26)8-9-24-10-12-25(13-11-24)15-17-2-7-20-21(14-17)29-16-28-20/h2-7,14H,8-13,15-16H2,1H3,(H,23,26). The van der Waals surface area contributed by atoms with Crippen molar-refractivity contribution >= 4 is 11.6 Å². The van der Waals surface area contributed by atoms with E-state index in [4.69, 9.17) is 14.2 Å². The number of carbonyl (C=O) groups is 1. The molecule has 0 radical (unpaired) electrons. The summed E-state index contributed by atoms with van der Waals surface area (Å²) in [4.78, 5) is 17.0. The summed E-state index contributed by atoms with van der Waals surface area (Å²) in [6, 6.07) is 13.5. The molecule has 0 aliphatic carbocycles. The lowest BCUT2D eigenvalue weighted by Gasteiger charge is -2.34. The van der Waals surface area contributed by atoms with E-state index in [0.29, 0.717) is 13.2 Å². The van der Waals surface area contributed by atoms with Gasteiger partial charge in [-0.15, -0.1) is 0 Å². The molecule has 0 saturated carbocycles. The van der Waals surface area contributed by atoms with Crippen molar-refractivity contribution in [2.24, 2.45) is 0 Å². The molecule has 0 spiro atoms. The van der Waals surface area contributed by atoms with Crippen LogP contribution in [0.1, 0.15) is 12.0 Å². The van der Waals surface area contributed by atoms with Gasteiger partial charge in [-0.1, -0.05) is 6.07 Å². The summed E-state index contributed by atoms with van der Waals surface area (Å²) in [5.74, 6) is 2.48. The molecule has 1 saturated heterocycles. The van der Waals surface area contributed by atoms with Crippen LogP contribution < -0.4 is 19.5 Å². The highest BCUT2D eigenvalue weighted by Crippen LogP contribution is 2.32. The first-order valence-corrected chi connectivity index (χ1v) is 9.97. The van der Waals surface area contributed by atoms with Gasteiger partial charge in [-0.05, 0) is 42.0 Å². The van der Waals surface area contributed by atoms with Gasteiger partial charge in [0.1, 0.15) is 5.75 Å². The van der Waals surface area contributed by atoms with E-state index < -0.39 is 0 Å². The molecule has 29 heavy (non-hydrogen) atoms. The fourth-order valence-electron chi connectivity index (χ4n) is 3.63. The van der Waals surface area contributed by atoms with Gasteiger partial charge < -0.3 is 24.4 Å². The number of nitrogens with zero attached hydrogens (tertiary/aromatic N) is 2. The Hall–Kier alpha value is -2.77. The number of methoxy groups -OCH3 is 1. The molecule has 0 unspecified atom stereocenters. The monoisotopic (exact) mass is 397 g/mol. The summed E-state index contributed by atoms with van der Waals surface area (Å²) in [6.45, 7) is 5.93. The zero-order valence-electron chi connectivity index (χ0n) is 16.7. The van der Waals surface area contributed by atoms with Crippen molar-refractivity contribution in [3.8, 4) is 17.2 Å². The van der Waals surface area contributed by atoms with Crippen LogP contribution in [0.25, 0.3) is 0 Å². The van der Waals surface area contributed by atoms with Crippen LogP contribution in [0.2, 0.25) is 0 Å². The first-order valence-electron chi connectivity index (χ1n) is 9.97. The lowest BCUT2D eigenvalue weighted by molar-refractivity contribution is -0.116. The van der Waals surface area contributed by atoms with E-state index in [2.05, 4.69) is 27.2 Å². The summed E-state index contributed by atoms with van der Waals surface area (Å²) >= 11 is 0. The Morgan fingerprint density at radius 2 is 1.72 bits per heavy atom. The van der Waals surface area contributed by atoms with Gasteiger partial charge in [0.25, 0.3) is 0 Å². The number of ether oxygens (including phenoxy) is 3. The molecule has 154 valence electrons. The minimum atomic E-state index is 0.0398. The van der Waals surface area contributed by atoms with Gasteiger partial charge in [-0.2, -0.15) is 0 Å². The van der Waals surface area contributed by atoms with Crippen molar-refractivity contribution in [1.82, 2.24) is 9.80 Å². The van der Waals surface area contributed by atoms with E-state index in [1.54, 1.807) is 7.11 Å². The van der Waals surface area contributed by atoms with Crippen molar-refractivity contribution in [1.29, 1.82) is 0 Å². The highest BCUT2D eigenvalue weighted by molar-refractivity contribution is 5.90. The minimum Gasteiger partial charge on any atom is -0.497 e. The number of fused-ring (bicyclic) bond motifs is 1. The Morgan fingerprint density at radius 3 is 2.48 bits per heavy atom. The number of anilines is 1. The number of carbonyl (C=O) groups excluding carboxylic acids is 1. The van der Waals surface area contributed by atoms with Crippen LogP contribution in [0, 0.1) is 0 Å². The van der Waals surface area contributed by atoms with Gasteiger partial charge in [0.2, 0.25) is 12.7 Å². The Kier molecular flexibility index (Phi) is 6.17. The van der Waals surface area contributed by atoms with E-state index in [-0.39, 0.29) is 5.91 Å². The fraction of sp³-hybridized carbons (Fsp3) is 0.409. The predicted molar refractivity (Wildman–Crippen MR) is 111 cm³/mol. The van der Waals surface area contributed by atoms with Crippen molar-refractivity contribution < 1.29 is 19.0 Å². The molecule has 7 heteroatoms. The second kappa shape index (κ2) is 9.15. The quantitative estimate of drug-likeness (QED) is 0.775. The molecule has 1 amide bonds. The Labute approximate surface area is 171 Å². The molecule has 2 aliphatic rings. The molecule has 1 fully saturated rings. The molecule has 0 atom stereocenters. The zero-order valence-corrected chi connectivity index (χ0v) is 16.7. The molecule has 2 aliphatic heterocycles. The third-order valence-electron chi connectivity index (χ3n) is 5.34. The first-order chi connectivity index (χ1) is 14.2. The lowest BCUT2D eigenvalue weighted by atomic mass is 10.1. The van der Waals surface area contributed by atoms with Crippen LogP contribution >= 0.6 is 0 Å². The van der Waals surface area contributed by atoms with Crippen molar-refractivity contribution in [2.45, 2.75) is 13.0 Å². The molecule has 7 nitrogen and oxygen atoms in total. The zero-order chi connectivity index (χ0) is 20.1. The van der Waals surface area contributed by atoms with Crippen molar-refractivity contribution in [2.75, 3.05) is 51.9 Å². The highest BCUT2D eigenvalue weighted by Gasteiger charge is 2.19. The minimum absolute atomic E-state index is 0.0398. The molecule has 2 heterocycles. The molecule has 4 rings (SSSR count). The second-order valence-electron chi connectivity index (χ2n) is 7.33. The van der Waals surface area contributed by atoms with Crippen LogP contribution in [0.5, 0.6) is 17.2 Å². The number of hydrogen-bond donors (Lipinski definition) is 1. The van der Waals surface area contributed by atoms with E-state index in [9.17, 15) is 4.79 Å². The van der Waals surface area contributed by atoms with Crippen LogP contribution in [-0.2, 0) is 11.3 Å². The van der Waals surface area contributed by atoms with Gasteiger partial charge >= 0.3 is 0 Å². The Morgan fingerprint density at radius 1 is 1.00 bits per heavy atom. The maximum absolute atomic E-state index is 12.2. The highest BCUT2D eigenvalue weighted by atomic mass is 16.7. The van der Waals surface area contributed by atoms with Crippen molar-refractivity contribution in [3.05, 3.63) is 48.0 Å². The van der Waals surface area contributed by atoms with Gasteiger partial charge in [-0.3, -0.25) is 9.69 Å². The predicted octanol–water partition coefficient (Wildman–Crippen LogP) is 2.57. The maximum atomic E-state index is 12.2. The SMILES string of the molecule is COc1ccc(NC(=O)CCN2CCN(Cc3ccc4c(c3)OCO4)CC2)cc1. The molecule has 1 N–H and O–H groups in total. The summed E-state index contributed by atoms with van der Waals surface area (Å²) in [5.41, 5.74) is 2.03. The van der Waals surface area contributed by atoms with Gasteiger partial charge in [0, 0.05) is 51.4 Å². The molecule has 2 aromatic rings. The Balaban J connectivity index is 1.17. The number of nitrogens with one attached hydrogen (secondary N) is 1.